The fraction of sp³-hybridized carbons (Fsp3) is 0.217. The summed E-state index contributed by atoms with van der Waals surface area (Å²) in [7, 11) is 0. The van der Waals surface area contributed by atoms with E-state index in [9.17, 15) is 34.5 Å². The molecule has 0 saturated heterocycles. The molecule has 0 fully saturated rings. The average Bonchev–Trinajstić information content (AvgIpc) is 2.75. The largest absolute Gasteiger partial charge is 0.508 e. The molecule has 10 nitrogen and oxygen atoms in total. The Bertz CT molecular complexity index is 1000. The first-order valence-corrected chi connectivity index (χ1v) is 9.72. The Kier molecular flexibility index (Phi) is 8.98. The maximum absolute atomic E-state index is 12.1. The summed E-state index contributed by atoms with van der Waals surface area (Å²) in [4.78, 5) is 47.0. The van der Waals surface area contributed by atoms with Crippen LogP contribution in [-0.4, -0.2) is 56.5 Å². The number of benzene rings is 1. The second-order valence-electron chi connectivity index (χ2n) is 6.94. The first-order chi connectivity index (χ1) is 15.6. The van der Waals surface area contributed by atoms with Gasteiger partial charge in [-0.2, -0.15) is 0 Å². The number of carboxylic acids is 2. The number of phenols is 1. The third-order valence-electron chi connectivity index (χ3n) is 4.37. The van der Waals surface area contributed by atoms with Crippen molar-refractivity contribution in [2.45, 2.75) is 25.0 Å². The van der Waals surface area contributed by atoms with E-state index in [-0.39, 0.29) is 17.4 Å². The Morgan fingerprint density at radius 2 is 1.67 bits per heavy atom. The van der Waals surface area contributed by atoms with Gasteiger partial charge in [-0.15, -0.1) is 0 Å². The molecule has 2 rings (SSSR count). The zero-order valence-electron chi connectivity index (χ0n) is 17.2. The van der Waals surface area contributed by atoms with E-state index in [1.807, 2.05) is 0 Å². The van der Waals surface area contributed by atoms with Crippen LogP contribution in [0.5, 0.6) is 5.75 Å². The number of phenolic OH excluding ortho intramolecular Hbond substituents is 1. The molecule has 1 aromatic carbocycles. The normalized spacial score (nSPS) is 17.3. The smallest absolute Gasteiger partial charge is 0.349 e. The van der Waals surface area contributed by atoms with Crippen molar-refractivity contribution >= 4 is 30.0 Å². The van der Waals surface area contributed by atoms with Gasteiger partial charge in [0.1, 0.15) is 11.5 Å². The van der Waals surface area contributed by atoms with E-state index in [0.29, 0.717) is 12.0 Å². The zero-order valence-corrected chi connectivity index (χ0v) is 17.2. The summed E-state index contributed by atoms with van der Waals surface area (Å²) in [6, 6.07) is 5.77. The number of carbonyl (C=O) groups is 4. The zero-order chi connectivity index (χ0) is 24.4. The van der Waals surface area contributed by atoms with Crippen molar-refractivity contribution in [2.24, 2.45) is 5.92 Å². The van der Waals surface area contributed by atoms with Crippen LogP contribution in [-0.2, 0) is 28.7 Å². The predicted octanol–water partition coefficient (Wildman–Crippen LogP) is 2.36. The van der Waals surface area contributed by atoms with Crippen molar-refractivity contribution in [3.63, 3.8) is 0 Å². The van der Waals surface area contributed by atoms with Gasteiger partial charge in [0.15, 0.2) is 6.10 Å². The van der Waals surface area contributed by atoms with Crippen LogP contribution in [0.4, 0.5) is 0 Å². The number of rotatable bonds is 10. The highest BCUT2D eigenvalue weighted by Gasteiger charge is 2.36. The maximum Gasteiger partial charge on any atom is 0.349 e. The summed E-state index contributed by atoms with van der Waals surface area (Å²) >= 11 is 0. The van der Waals surface area contributed by atoms with Crippen LogP contribution in [0.1, 0.15) is 18.4 Å². The molecule has 0 saturated carbocycles. The Morgan fingerprint density at radius 1 is 1.00 bits per heavy atom. The Labute approximate surface area is 188 Å². The highest BCUT2D eigenvalue weighted by molar-refractivity contribution is 5.89. The van der Waals surface area contributed by atoms with Gasteiger partial charge in [0.05, 0.1) is 6.42 Å². The molecule has 0 bridgehead atoms. The summed E-state index contributed by atoms with van der Waals surface area (Å²) in [5.41, 5.74) is 0.519. The summed E-state index contributed by atoms with van der Waals surface area (Å²) < 4.78 is 9.81. The number of carboxylic acid groups (broad SMARTS) is 2. The molecule has 0 radical (unpaired) electrons. The molecule has 174 valence electrons. The van der Waals surface area contributed by atoms with Gasteiger partial charge in [-0.05, 0) is 48.3 Å². The van der Waals surface area contributed by atoms with Crippen molar-refractivity contribution in [3.8, 4) is 5.75 Å². The Morgan fingerprint density at radius 3 is 2.24 bits per heavy atom. The van der Waals surface area contributed by atoms with E-state index in [1.165, 1.54) is 48.6 Å². The van der Waals surface area contributed by atoms with E-state index < -0.39 is 42.5 Å². The summed E-state index contributed by atoms with van der Waals surface area (Å²) in [5.74, 6) is -5.39. The molecule has 0 aliphatic heterocycles. The number of hydrogen-bond donors (Lipinski definition) is 4. The van der Waals surface area contributed by atoms with Crippen LogP contribution in [0, 0.1) is 5.92 Å². The van der Waals surface area contributed by atoms with E-state index >= 15 is 0 Å². The molecule has 0 heterocycles. The van der Waals surface area contributed by atoms with Gasteiger partial charge in [0.2, 0.25) is 6.10 Å². The fourth-order valence-corrected chi connectivity index (χ4v) is 2.74. The van der Waals surface area contributed by atoms with Gasteiger partial charge in [-0.25, -0.2) is 14.4 Å². The van der Waals surface area contributed by atoms with E-state index in [1.54, 1.807) is 6.08 Å². The molecule has 10 heteroatoms. The number of allylic oxidation sites excluding steroid dienone is 4. The van der Waals surface area contributed by atoms with Gasteiger partial charge < -0.3 is 29.9 Å². The molecule has 3 atom stereocenters. The molecule has 1 unspecified atom stereocenters. The Hall–Kier alpha value is -4.34. The molecule has 0 amide bonds. The van der Waals surface area contributed by atoms with Crippen LogP contribution in [0.25, 0.3) is 6.08 Å². The molecule has 1 aromatic rings. The average molecular weight is 458 g/mol. The van der Waals surface area contributed by atoms with E-state index in [0.717, 1.165) is 12.2 Å². The SMILES string of the molecule is O=C(O)C[C@H](OC(=O)/C=C/c1ccc(O)cc1)[C@@H](OC(=O)/C=C/C1C=CC(O)=CC1)C(=O)O. The molecule has 0 aromatic heterocycles. The lowest BCUT2D eigenvalue weighted by molar-refractivity contribution is -0.177. The molecule has 33 heavy (non-hydrogen) atoms. The quantitative estimate of drug-likeness (QED) is 0.302. The van der Waals surface area contributed by atoms with Gasteiger partial charge in [0.25, 0.3) is 0 Å². The summed E-state index contributed by atoms with van der Waals surface area (Å²) in [5, 5.41) is 37.0. The number of esters is 2. The number of ether oxygens (including phenoxy) is 2. The number of aromatic hydroxyl groups is 1. The van der Waals surface area contributed by atoms with Crippen LogP contribution in [0.3, 0.4) is 0 Å². The second kappa shape index (κ2) is 11.9. The lowest BCUT2D eigenvalue weighted by Crippen LogP contribution is -2.42. The minimum absolute atomic E-state index is 0.0190. The predicted molar refractivity (Wildman–Crippen MR) is 114 cm³/mol. The van der Waals surface area contributed by atoms with Crippen LogP contribution in [0.15, 0.2) is 66.5 Å². The van der Waals surface area contributed by atoms with Gasteiger partial charge >= 0.3 is 23.9 Å². The monoisotopic (exact) mass is 458 g/mol. The molecule has 1 aliphatic carbocycles. The van der Waals surface area contributed by atoms with Crippen molar-refractivity contribution in [1.29, 1.82) is 0 Å². The summed E-state index contributed by atoms with van der Waals surface area (Å²) in [6.45, 7) is 0. The first-order valence-electron chi connectivity index (χ1n) is 9.72. The number of aliphatic hydroxyl groups excluding tert-OH is 1. The molecular formula is C23H22O10. The molecular weight excluding hydrogens is 436 g/mol. The first kappa shape index (κ1) is 24.9. The number of aliphatic carboxylic acids is 2. The minimum Gasteiger partial charge on any atom is -0.508 e. The topological polar surface area (TPSA) is 168 Å². The lowest BCUT2D eigenvalue weighted by atomic mass is 10.00. The standard InChI is InChI=1S/C23H22O10/c24-16-7-1-14(2-8-16)5-11-20(28)32-18(13-19(26)27)22(23(30)31)33-21(29)12-6-15-3-9-17(25)10-4-15/h1-3,5-12,15,18,22,24-25H,4,13H2,(H,26,27)(H,30,31)/b11-5+,12-6+/t15?,18-,22+/m0/s1. The number of hydrogen-bond acceptors (Lipinski definition) is 8. The molecule has 4 N–H and O–H groups in total. The third kappa shape index (κ3) is 8.74. The Balaban J connectivity index is 2.06. The van der Waals surface area contributed by atoms with Crippen molar-refractivity contribution in [3.05, 3.63) is 72.0 Å². The lowest BCUT2D eigenvalue weighted by Gasteiger charge is -2.22. The van der Waals surface area contributed by atoms with Crippen LogP contribution >= 0.6 is 0 Å². The van der Waals surface area contributed by atoms with Gasteiger partial charge in [-0.3, -0.25) is 4.79 Å². The number of carbonyl (C=O) groups excluding carboxylic acids is 2. The van der Waals surface area contributed by atoms with Gasteiger partial charge in [0, 0.05) is 12.2 Å². The van der Waals surface area contributed by atoms with Crippen LogP contribution in [0.2, 0.25) is 0 Å². The van der Waals surface area contributed by atoms with Gasteiger partial charge in [-0.1, -0.05) is 24.3 Å². The van der Waals surface area contributed by atoms with E-state index in [4.69, 9.17) is 14.6 Å². The highest BCUT2D eigenvalue weighted by atomic mass is 16.6. The highest BCUT2D eigenvalue weighted by Crippen LogP contribution is 2.17. The third-order valence-corrected chi connectivity index (χ3v) is 4.37. The minimum atomic E-state index is -2.06. The van der Waals surface area contributed by atoms with E-state index in [2.05, 4.69) is 0 Å². The van der Waals surface area contributed by atoms with Crippen molar-refractivity contribution in [2.75, 3.05) is 0 Å². The van der Waals surface area contributed by atoms with Crippen LogP contribution < -0.4 is 0 Å². The maximum atomic E-state index is 12.1. The molecule has 0 spiro atoms. The van der Waals surface area contributed by atoms with Crippen molar-refractivity contribution < 1.29 is 49.1 Å². The summed E-state index contributed by atoms with van der Waals surface area (Å²) in [6.07, 6.45) is 4.93. The number of aliphatic hydroxyl groups is 1. The second-order valence-corrected chi connectivity index (χ2v) is 6.94. The fourth-order valence-electron chi connectivity index (χ4n) is 2.74. The van der Waals surface area contributed by atoms with Crippen molar-refractivity contribution in [1.82, 2.24) is 0 Å². The molecule has 1 aliphatic rings.